The van der Waals surface area contributed by atoms with Gasteiger partial charge in [0.2, 0.25) is 0 Å². The number of nitrogens with zero attached hydrogens (tertiary/aromatic N) is 3. The number of aliphatic hydroxyl groups excluding tert-OH is 2. The van der Waals surface area contributed by atoms with Crippen molar-refractivity contribution in [1.29, 1.82) is 0 Å². The molecule has 1 heterocycles. The third kappa shape index (κ3) is 6.94. The fourth-order valence-electron chi connectivity index (χ4n) is 4.00. The fraction of sp³-hybridized carbons (Fsp3) is 0.286. The molecule has 0 spiro atoms. The Labute approximate surface area is 215 Å². The van der Waals surface area contributed by atoms with Crippen molar-refractivity contribution in [2.75, 3.05) is 0 Å². The zero-order valence-corrected chi connectivity index (χ0v) is 22.7. The summed E-state index contributed by atoms with van der Waals surface area (Å²) in [5.74, 6) is 1.65. The average Bonchev–Trinajstić information content (AvgIpc) is 3.18. The summed E-state index contributed by atoms with van der Waals surface area (Å²) in [7, 11) is 0. The molecule has 1 aromatic heterocycles. The molecule has 0 aliphatic heterocycles. The van der Waals surface area contributed by atoms with Crippen LogP contribution in [0.25, 0.3) is 28.5 Å². The van der Waals surface area contributed by atoms with Crippen LogP contribution in [0.15, 0.2) is 66.7 Å². The minimum atomic E-state index is -0.375. The Morgan fingerprint density at radius 3 is 1.88 bits per heavy atom. The van der Waals surface area contributed by atoms with Gasteiger partial charge in [0.15, 0.2) is 5.82 Å². The minimum Gasteiger partial charge on any atom is -0.393 e. The van der Waals surface area contributed by atoms with E-state index in [4.69, 9.17) is 10.2 Å². The topological polar surface area (TPSA) is 71.2 Å². The smallest absolute Gasteiger partial charge is 0.159 e. The van der Waals surface area contributed by atoms with Crippen molar-refractivity contribution in [3.63, 3.8) is 0 Å². The van der Waals surface area contributed by atoms with Crippen LogP contribution in [0.2, 0.25) is 0 Å². The molecule has 4 rings (SSSR count). The first-order valence-electron chi connectivity index (χ1n) is 11.2. The van der Waals surface area contributed by atoms with E-state index in [0.717, 1.165) is 28.5 Å². The van der Waals surface area contributed by atoms with E-state index in [0.29, 0.717) is 6.42 Å². The van der Waals surface area contributed by atoms with Gasteiger partial charge in [-0.25, -0.2) is 0 Å². The van der Waals surface area contributed by atoms with Gasteiger partial charge in [-0.05, 0) is 52.2 Å². The van der Waals surface area contributed by atoms with Crippen molar-refractivity contribution in [2.24, 2.45) is 0 Å². The number of rotatable bonds is 5. The Morgan fingerprint density at radius 1 is 0.824 bits per heavy atom. The number of hydrogen-bond donors (Lipinski definition) is 2. The zero-order valence-electron chi connectivity index (χ0n) is 20.3. The summed E-state index contributed by atoms with van der Waals surface area (Å²) in [6, 6.07) is 25.8. The number of aromatic nitrogens is 3. The van der Waals surface area contributed by atoms with E-state index in [9.17, 15) is 0 Å². The van der Waals surface area contributed by atoms with E-state index in [1.165, 1.54) is 16.7 Å². The summed E-state index contributed by atoms with van der Waals surface area (Å²) in [6.07, 6.45) is -0.278. The van der Waals surface area contributed by atoms with Gasteiger partial charge in [-0.1, -0.05) is 48.0 Å². The molecule has 0 aliphatic carbocycles. The molecule has 6 heteroatoms. The van der Waals surface area contributed by atoms with Crippen LogP contribution < -0.4 is 0 Å². The van der Waals surface area contributed by atoms with E-state index in [1.54, 1.807) is 13.8 Å². The normalized spacial score (nSPS) is 12.2. The maximum atomic E-state index is 8.56. The van der Waals surface area contributed by atoms with Gasteiger partial charge in [-0.15, -0.1) is 41.0 Å². The molecule has 2 atom stereocenters. The maximum absolute atomic E-state index is 8.56. The van der Waals surface area contributed by atoms with E-state index in [2.05, 4.69) is 65.9 Å². The summed E-state index contributed by atoms with van der Waals surface area (Å²) >= 11 is 0. The Bertz CT molecular complexity index is 1090. The standard InChI is InChI=1S/C23H20N3.C5H12O2.Ir/c1-16-14-17(2)21(18(3)15-16)26-22(19-10-6-4-7-11-19)24-25-23(26)20-12-8-5-9-13-20;1-4(6)3-5(2)7;/h4-12,14-15H,1-3H3;4-7H,3H2,1-2H3;/q-1;;. The molecule has 0 amide bonds. The van der Waals surface area contributed by atoms with Crippen LogP contribution >= 0.6 is 0 Å². The summed E-state index contributed by atoms with van der Waals surface area (Å²) in [4.78, 5) is 0. The zero-order chi connectivity index (χ0) is 24.0. The molecule has 3 aromatic carbocycles. The second-order valence-corrected chi connectivity index (χ2v) is 8.51. The summed E-state index contributed by atoms with van der Waals surface area (Å²) in [5, 5.41) is 26.2. The molecule has 0 saturated carbocycles. The molecule has 0 saturated heterocycles. The van der Waals surface area contributed by atoms with Gasteiger partial charge >= 0.3 is 0 Å². The first-order chi connectivity index (χ1) is 15.8. The van der Waals surface area contributed by atoms with Gasteiger partial charge in [-0.2, -0.15) is 5.10 Å². The van der Waals surface area contributed by atoms with Crippen molar-refractivity contribution in [3.05, 3.63) is 89.5 Å². The number of aliphatic hydroxyl groups is 2. The molecule has 5 nitrogen and oxygen atoms in total. The molecule has 0 fully saturated rings. The minimum absolute atomic E-state index is 0. The first-order valence-corrected chi connectivity index (χ1v) is 11.2. The van der Waals surface area contributed by atoms with Crippen molar-refractivity contribution in [3.8, 4) is 28.5 Å². The van der Waals surface area contributed by atoms with Crippen molar-refractivity contribution in [1.82, 2.24) is 14.8 Å². The molecule has 0 bridgehead atoms. The van der Waals surface area contributed by atoms with Crippen LogP contribution in [-0.4, -0.2) is 37.2 Å². The average molecular weight is 635 g/mol. The SMILES string of the molecule is CC(O)CC(C)O.Cc1cc(C)c(-n2c(-c3[c-]cccc3)nnc2-c2ccccc2)c(C)c1.[Ir]. The summed E-state index contributed by atoms with van der Waals surface area (Å²) < 4.78 is 2.16. The Balaban J connectivity index is 0.000000449. The van der Waals surface area contributed by atoms with Gasteiger partial charge in [0.25, 0.3) is 0 Å². The Hall–Kier alpha value is -2.63. The Morgan fingerprint density at radius 2 is 1.38 bits per heavy atom. The largest absolute Gasteiger partial charge is 0.393 e. The van der Waals surface area contributed by atoms with E-state index < -0.39 is 0 Å². The molecule has 1 radical (unpaired) electrons. The summed E-state index contributed by atoms with van der Waals surface area (Å²) in [5.41, 5.74) is 6.77. The van der Waals surface area contributed by atoms with Gasteiger partial charge in [0, 0.05) is 31.4 Å². The van der Waals surface area contributed by atoms with Crippen LogP contribution in [0.4, 0.5) is 0 Å². The molecule has 0 aliphatic rings. The summed E-state index contributed by atoms with van der Waals surface area (Å²) in [6.45, 7) is 9.73. The fourth-order valence-corrected chi connectivity index (χ4v) is 4.00. The van der Waals surface area contributed by atoms with Crippen molar-refractivity contribution in [2.45, 2.75) is 53.2 Å². The van der Waals surface area contributed by atoms with Gasteiger partial charge in [0.1, 0.15) is 0 Å². The molecule has 34 heavy (non-hydrogen) atoms. The molecule has 2 unspecified atom stereocenters. The predicted octanol–water partition coefficient (Wildman–Crippen LogP) is 5.46. The van der Waals surface area contributed by atoms with Gasteiger partial charge in [-0.3, -0.25) is 0 Å². The quantitative estimate of drug-likeness (QED) is 0.286. The third-order valence-electron chi connectivity index (χ3n) is 5.19. The van der Waals surface area contributed by atoms with Gasteiger partial charge < -0.3 is 14.8 Å². The third-order valence-corrected chi connectivity index (χ3v) is 5.19. The van der Waals surface area contributed by atoms with Crippen LogP contribution in [0, 0.1) is 26.8 Å². The molecule has 4 aromatic rings. The maximum Gasteiger partial charge on any atom is 0.159 e. The first kappa shape index (κ1) is 27.6. The van der Waals surface area contributed by atoms with Crippen molar-refractivity contribution >= 4 is 0 Å². The number of hydrogen-bond acceptors (Lipinski definition) is 4. The second kappa shape index (κ2) is 12.7. The monoisotopic (exact) mass is 635 g/mol. The van der Waals surface area contributed by atoms with Crippen LogP contribution in [0.1, 0.15) is 37.0 Å². The van der Waals surface area contributed by atoms with E-state index in [-0.39, 0.29) is 32.3 Å². The van der Waals surface area contributed by atoms with Crippen LogP contribution in [0.5, 0.6) is 0 Å². The van der Waals surface area contributed by atoms with Crippen molar-refractivity contribution < 1.29 is 30.3 Å². The molecule has 181 valence electrons. The van der Waals surface area contributed by atoms with E-state index in [1.807, 2.05) is 42.5 Å². The Kier molecular flexibility index (Phi) is 10.3. The van der Waals surface area contributed by atoms with E-state index >= 15 is 0 Å². The van der Waals surface area contributed by atoms with Crippen LogP contribution in [-0.2, 0) is 20.1 Å². The van der Waals surface area contributed by atoms with Crippen LogP contribution in [0.3, 0.4) is 0 Å². The van der Waals surface area contributed by atoms with Gasteiger partial charge in [0.05, 0.1) is 18.0 Å². The molecular weight excluding hydrogens is 603 g/mol. The molecule has 2 N–H and O–H groups in total. The number of benzene rings is 3. The molecular formula is C28H32IrN3O2-. The second-order valence-electron chi connectivity index (χ2n) is 8.51. The number of aryl methyl sites for hydroxylation is 3. The predicted molar refractivity (Wildman–Crippen MR) is 133 cm³/mol.